The lowest BCUT2D eigenvalue weighted by Gasteiger charge is -2.15. The molecule has 7 nitrogen and oxygen atoms in total. The second-order valence-electron chi connectivity index (χ2n) is 4.68. The van der Waals surface area contributed by atoms with Gasteiger partial charge in [0, 0.05) is 11.1 Å². The predicted octanol–water partition coefficient (Wildman–Crippen LogP) is 2.22. The first-order chi connectivity index (χ1) is 11.4. The molecule has 5 N–H and O–H groups in total. The number of methoxy groups -OCH3 is 1. The van der Waals surface area contributed by atoms with E-state index in [-0.39, 0.29) is 27.5 Å². The summed E-state index contributed by atoms with van der Waals surface area (Å²) in [6, 6.07) is 9.38. The van der Waals surface area contributed by atoms with Gasteiger partial charge < -0.3 is 15.6 Å². The van der Waals surface area contributed by atoms with E-state index in [1.54, 1.807) is 18.2 Å². The van der Waals surface area contributed by atoms with Gasteiger partial charge in [0.1, 0.15) is 11.5 Å². The molecular weight excluding hydrogens is 332 g/mol. The van der Waals surface area contributed by atoms with Crippen molar-refractivity contribution in [1.82, 2.24) is 5.32 Å². The molecule has 0 radical (unpaired) electrons. The number of nitrogens with one attached hydrogen (secondary N) is 2. The highest BCUT2D eigenvalue weighted by Crippen LogP contribution is 2.40. The Hall–Kier alpha value is -3.24. The van der Waals surface area contributed by atoms with Crippen molar-refractivity contribution >= 4 is 23.5 Å². The Bertz CT molecular complexity index is 874. The molecule has 0 aliphatic rings. The molecule has 1 amide bonds. The molecule has 0 aliphatic heterocycles. The molecule has 8 heteroatoms. The minimum Gasteiger partial charge on any atom is -0.507 e. The molecule has 2 aromatic rings. The number of guanidine groups is 1. The fourth-order valence-corrected chi connectivity index (χ4v) is 2.54. The van der Waals surface area contributed by atoms with Crippen LogP contribution in [0.1, 0.15) is 15.9 Å². The van der Waals surface area contributed by atoms with Gasteiger partial charge in [-0.05, 0) is 18.2 Å². The number of nitrogens with zero attached hydrogens (tertiary/aromatic N) is 1. The Morgan fingerprint density at radius 1 is 1.42 bits per heavy atom. The topological polar surface area (TPSA) is 132 Å². The summed E-state index contributed by atoms with van der Waals surface area (Å²) >= 11 is 6.29. The van der Waals surface area contributed by atoms with Crippen LogP contribution in [0.5, 0.6) is 11.5 Å². The molecule has 24 heavy (non-hydrogen) atoms. The number of carbonyl (C=O) groups excluding carboxylic acids is 1. The van der Waals surface area contributed by atoms with Crippen LogP contribution in [0.25, 0.3) is 11.1 Å². The maximum Gasteiger partial charge on any atom is 0.262 e. The van der Waals surface area contributed by atoms with E-state index in [0.29, 0.717) is 11.3 Å². The smallest absolute Gasteiger partial charge is 0.262 e. The van der Waals surface area contributed by atoms with Gasteiger partial charge in [0.15, 0.2) is 5.96 Å². The standard InChI is InChI=1S/C16H13ClN4O3/c1-24-11-4-2-3-9(14(11)17)12-8(7-18)5-6-10(22)13(12)15(23)21-16(19)20/h2-6,22H,1H3,(H4,19,20,21,23). The second-order valence-corrected chi connectivity index (χ2v) is 5.06. The Morgan fingerprint density at radius 2 is 2.12 bits per heavy atom. The number of halogens is 1. The van der Waals surface area contributed by atoms with Gasteiger partial charge in [-0.2, -0.15) is 5.26 Å². The largest absolute Gasteiger partial charge is 0.507 e. The number of phenolic OH excluding ortho intramolecular Hbond substituents is 1. The fourth-order valence-electron chi connectivity index (χ4n) is 2.24. The fraction of sp³-hybridized carbons (Fsp3) is 0.0625. The van der Waals surface area contributed by atoms with Gasteiger partial charge in [0.2, 0.25) is 0 Å². The number of nitrogens with two attached hydrogens (primary N) is 1. The second kappa shape index (κ2) is 6.89. The zero-order valence-corrected chi connectivity index (χ0v) is 13.3. The average Bonchev–Trinajstić information content (AvgIpc) is 2.54. The molecule has 0 unspecified atom stereocenters. The summed E-state index contributed by atoms with van der Waals surface area (Å²) in [5, 5.41) is 28.9. The average molecular weight is 345 g/mol. The lowest BCUT2D eigenvalue weighted by atomic mass is 9.93. The summed E-state index contributed by atoms with van der Waals surface area (Å²) in [4.78, 5) is 12.3. The van der Waals surface area contributed by atoms with E-state index in [1.165, 1.54) is 19.2 Å². The zero-order chi connectivity index (χ0) is 17.9. The first-order valence-corrected chi connectivity index (χ1v) is 7.02. The quantitative estimate of drug-likeness (QED) is 0.500. The van der Waals surface area contributed by atoms with Crippen molar-refractivity contribution in [2.45, 2.75) is 0 Å². The number of aromatic hydroxyl groups is 1. The van der Waals surface area contributed by atoms with E-state index in [9.17, 15) is 15.2 Å². The molecule has 2 aromatic carbocycles. The van der Waals surface area contributed by atoms with Crippen LogP contribution in [0, 0.1) is 16.7 Å². The van der Waals surface area contributed by atoms with Gasteiger partial charge in [-0.1, -0.05) is 23.7 Å². The zero-order valence-electron chi connectivity index (χ0n) is 12.6. The van der Waals surface area contributed by atoms with Crippen LogP contribution in [0.15, 0.2) is 30.3 Å². The number of carbonyl (C=O) groups is 1. The van der Waals surface area contributed by atoms with E-state index in [1.807, 2.05) is 6.07 Å². The normalized spacial score (nSPS) is 9.88. The number of amides is 1. The van der Waals surface area contributed by atoms with Crippen molar-refractivity contribution in [3.05, 3.63) is 46.5 Å². The molecule has 0 aromatic heterocycles. The molecule has 0 atom stereocenters. The summed E-state index contributed by atoms with van der Waals surface area (Å²) in [5.41, 5.74) is 5.54. The lowest BCUT2D eigenvalue weighted by Crippen LogP contribution is -2.36. The summed E-state index contributed by atoms with van der Waals surface area (Å²) in [6.07, 6.45) is 0. The first kappa shape index (κ1) is 17.1. The third-order valence-corrected chi connectivity index (χ3v) is 3.62. The molecule has 122 valence electrons. The number of hydrogen-bond acceptors (Lipinski definition) is 5. The van der Waals surface area contributed by atoms with Crippen LogP contribution in [-0.2, 0) is 0 Å². The molecule has 0 heterocycles. The maximum absolute atomic E-state index is 12.3. The van der Waals surface area contributed by atoms with Crippen molar-refractivity contribution < 1.29 is 14.6 Å². The SMILES string of the molecule is COc1cccc(-c2c(C#N)ccc(O)c2C(=O)NC(=N)N)c1Cl. The van der Waals surface area contributed by atoms with Crippen molar-refractivity contribution in [1.29, 1.82) is 10.7 Å². The van der Waals surface area contributed by atoms with Crippen molar-refractivity contribution in [3.63, 3.8) is 0 Å². The summed E-state index contributed by atoms with van der Waals surface area (Å²) in [5.74, 6) is -1.45. The molecule has 0 saturated heterocycles. The van der Waals surface area contributed by atoms with Crippen molar-refractivity contribution in [2.24, 2.45) is 5.73 Å². The van der Waals surface area contributed by atoms with Crippen LogP contribution < -0.4 is 15.8 Å². The van der Waals surface area contributed by atoms with Gasteiger partial charge in [-0.15, -0.1) is 0 Å². The summed E-state index contributed by atoms with van der Waals surface area (Å²) in [6.45, 7) is 0. The third-order valence-electron chi connectivity index (χ3n) is 3.23. The van der Waals surface area contributed by atoms with Gasteiger partial charge in [0.25, 0.3) is 5.91 Å². The number of nitriles is 1. The molecule has 0 aliphatic carbocycles. The predicted molar refractivity (Wildman–Crippen MR) is 89.2 cm³/mol. The van der Waals surface area contributed by atoms with Crippen LogP contribution in [-0.4, -0.2) is 24.1 Å². The van der Waals surface area contributed by atoms with Crippen LogP contribution in [0.4, 0.5) is 0 Å². The van der Waals surface area contributed by atoms with Crippen LogP contribution in [0.3, 0.4) is 0 Å². The van der Waals surface area contributed by atoms with Gasteiger partial charge in [-0.25, -0.2) is 0 Å². The summed E-state index contributed by atoms with van der Waals surface area (Å²) in [7, 11) is 1.43. The van der Waals surface area contributed by atoms with E-state index < -0.39 is 11.9 Å². The number of benzene rings is 2. The monoisotopic (exact) mass is 344 g/mol. The maximum atomic E-state index is 12.3. The Labute approximate surface area is 142 Å². The van der Waals surface area contributed by atoms with Crippen molar-refractivity contribution in [2.75, 3.05) is 7.11 Å². The van der Waals surface area contributed by atoms with Gasteiger partial charge in [-0.3, -0.25) is 15.5 Å². The van der Waals surface area contributed by atoms with Crippen LogP contribution in [0.2, 0.25) is 5.02 Å². The molecular formula is C16H13ClN4O3. The van der Waals surface area contributed by atoms with Crippen molar-refractivity contribution in [3.8, 4) is 28.7 Å². The first-order valence-electron chi connectivity index (χ1n) is 6.65. The van der Waals surface area contributed by atoms with Crippen LogP contribution >= 0.6 is 11.6 Å². The highest BCUT2D eigenvalue weighted by molar-refractivity contribution is 6.35. The third kappa shape index (κ3) is 3.09. The highest BCUT2D eigenvalue weighted by Gasteiger charge is 2.24. The van der Waals surface area contributed by atoms with Gasteiger partial charge >= 0.3 is 0 Å². The molecule has 2 rings (SSSR count). The van der Waals surface area contributed by atoms with E-state index >= 15 is 0 Å². The van der Waals surface area contributed by atoms with E-state index in [4.69, 9.17) is 27.5 Å². The van der Waals surface area contributed by atoms with Gasteiger partial charge in [0.05, 0.1) is 29.3 Å². The molecule has 0 spiro atoms. The Morgan fingerprint density at radius 3 is 2.71 bits per heavy atom. The Balaban J connectivity index is 2.82. The van der Waals surface area contributed by atoms with E-state index in [2.05, 4.69) is 5.32 Å². The number of hydrogen-bond donors (Lipinski definition) is 4. The van der Waals surface area contributed by atoms with E-state index in [0.717, 1.165) is 0 Å². The lowest BCUT2D eigenvalue weighted by molar-refractivity contribution is 0.0974. The molecule has 0 saturated carbocycles. The Kier molecular flexibility index (Phi) is 4.92. The molecule has 0 fully saturated rings. The highest BCUT2D eigenvalue weighted by atomic mass is 35.5. The number of ether oxygens (including phenoxy) is 1. The number of rotatable bonds is 3. The molecule has 0 bridgehead atoms. The summed E-state index contributed by atoms with van der Waals surface area (Å²) < 4.78 is 5.14. The minimum absolute atomic E-state index is 0.122. The minimum atomic E-state index is -0.828. The number of phenols is 1.